The standard InChI is InChI=1S/C6H12N4S/c1-2-5-4-11-6(9-5)3-8-10-7/h5-6,9H,2-4H2,1H3. The molecule has 1 fully saturated rings. The first-order chi connectivity index (χ1) is 5.36. The van der Waals surface area contributed by atoms with Crippen LogP contribution in [-0.4, -0.2) is 23.7 Å². The summed E-state index contributed by atoms with van der Waals surface area (Å²) in [5, 5.41) is 7.24. The molecule has 0 aromatic carbocycles. The van der Waals surface area contributed by atoms with Gasteiger partial charge in [-0.2, -0.15) is 0 Å². The van der Waals surface area contributed by atoms with Gasteiger partial charge < -0.3 is 5.32 Å². The van der Waals surface area contributed by atoms with Gasteiger partial charge in [0.1, 0.15) is 0 Å². The normalized spacial score (nSPS) is 29.9. The van der Waals surface area contributed by atoms with Crippen LogP contribution < -0.4 is 5.32 Å². The highest BCUT2D eigenvalue weighted by molar-refractivity contribution is 8.00. The summed E-state index contributed by atoms with van der Waals surface area (Å²) in [5.41, 5.74) is 8.07. The molecule has 0 aliphatic carbocycles. The molecule has 11 heavy (non-hydrogen) atoms. The molecule has 0 radical (unpaired) electrons. The molecule has 0 aromatic rings. The van der Waals surface area contributed by atoms with Crippen molar-refractivity contribution in [3.63, 3.8) is 0 Å². The Morgan fingerprint density at radius 2 is 2.64 bits per heavy atom. The molecule has 5 heteroatoms. The van der Waals surface area contributed by atoms with Gasteiger partial charge in [-0.1, -0.05) is 12.0 Å². The average Bonchev–Trinajstić information content (AvgIpc) is 2.48. The van der Waals surface area contributed by atoms with E-state index < -0.39 is 0 Å². The van der Waals surface area contributed by atoms with E-state index in [2.05, 4.69) is 22.3 Å². The fourth-order valence-electron chi connectivity index (χ4n) is 1.04. The lowest BCUT2D eigenvalue weighted by atomic mass is 10.3. The minimum atomic E-state index is 0.343. The van der Waals surface area contributed by atoms with Crippen molar-refractivity contribution in [2.75, 3.05) is 12.3 Å². The molecule has 4 nitrogen and oxygen atoms in total. The molecule has 1 rings (SSSR count). The number of nitrogens with one attached hydrogen (secondary N) is 1. The van der Waals surface area contributed by atoms with Crippen LogP contribution in [0.15, 0.2) is 5.11 Å². The van der Waals surface area contributed by atoms with Gasteiger partial charge in [-0.05, 0) is 12.0 Å². The van der Waals surface area contributed by atoms with Crippen LogP contribution in [0.3, 0.4) is 0 Å². The smallest absolute Gasteiger partial charge is 0.0591 e. The summed E-state index contributed by atoms with van der Waals surface area (Å²) in [6.07, 6.45) is 1.15. The van der Waals surface area contributed by atoms with Crippen LogP contribution in [0.25, 0.3) is 10.4 Å². The summed E-state index contributed by atoms with van der Waals surface area (Å²) in [4.78, 5) is 2.72. The summed E-state index contributed by atoms with van der Waals surface area (Å²) >= 11 is 1.84. The number of nitrogens with zero attached hydrogens (tertiary/aromatic N) is 3. The molecule has 2 atom stereocenters. The number of hydrogen-bond donors (Lipinski definition) is 1. The molecule has 62 valence electrons. The first kappa shape index (κ1) is 8.71. The van der Waals surface area contributed by atoms with Gasteiger partial charge in [0.2, 0.25) is 0 Å². The van der Waals surface area contributed by atoms with Gasteiger partial charge in [0.15, 0.2) is 0 Å². The second-order valence-electron chi connectivity index (χ2n) is 2.51. The molecule has 1 N–H and O–H groups in total. The van der Waals surface area contributed by atoms with E-state index in [9.17, 15) is 0 Å². The van der Waals surface area contributed by atoms with E-state index in [1.807, 2.05) is 11.8 Å². The molecule has 1 aliphatic heterocycles. The number of thioether (sulfide) groups is 1. The van der Waals surface area contributed by atoms with Gasteiger partial charge in [-0.25, -0.2) is 0 Å². The van der Waals surface area contributed by atoms with E-state index in [1.54, 1.807) is 0 Å². The Morgan fingerprint density at radius 1 is 1.82 bits per heavy atom. The van der Waals surface area contributed by atoms with E-state index in [-0.39, 0.29) is 0 Å². The number of rotatable bonds is 3. The molecule has 1 saturated heterocycles. The van der Waals surface area contributed by atoms with E-state index >= 15 is 0 Å². The van der Waals surface area contributed by atoms with Crippen LogP contribution in [0.4, 0.5) is 0 Å². The first-order valence-electron chi connectivity index (χ1n) is 3.75. The zero-order valence-corrected chi connectivity index (χ0v) is 7.34. The minimum absolute atomic E-state index is 0.343. The predicted molar refractivity (Wildman–Crippen MR) is 47.5 cm³/mol. The number of hydrogen-bond acceptors (Lipinski definition) is 3. The molecule has 2 unspecified atom stereocenters. The summed E-state index contributed by atoms with van der Waals surface area (Å²) in [5.74, 6) is 1.14. The van der Waals surface area contributed by atoms with Gasteiger partial charge in [0, 0.05) is 16.7 Å². The number of azide groups is 1. The SMILES string of the molecule is CCC1CSC(CN=[N+]=[N-])N1. The Kier molecular flexibility index (Phi) is 3.56. The zero-order valence-electron chi connectivity index (χ0n) is 6.53. The van der Waals surface area contributed by atoms with Crippen molar-refractivity contribution in [2.24, 2.45) is 5.11 Å². The lowest BCUT2D eigenvalue weighted by Crippen LogP contribution is -2.30. The van der Waals surface area contributed by atoms with Gasteiger partial charge in [0.25, 0.3) is 0 Å². The summed E-state index contributed by atoms with van der Waals surface area (Å²) in [6.45, 7) is 2.73. The maximum absolute atomic E-state index is 8.07. The monoisotopic (exact) mass is 172 g/mol. The van der Waals surface area contributed by atoms with Crippen molar-refractivity contribution in [3.8, 4) is 0 Å². The second-order valence-corrected chi connectivity index (χ2v) is 3.74. The summed E-state index contributed by atoms with van der Waals surface area (Å²) < 4.78 is 0. The largest absolute Gasteiger partial charge is 0.302 e. The van der Waals surface area contributed by atoms with Gasteiger partial charge >= 0.3 is 0 Å². The Morgan fingerprint density at radius 3 is 3.18 bits per heavy atom. The van der Waals surface area contributed by atoms with E-state index in [1.165, 1.54) is 0 Å². The molecule has 1 heterocycles. The van der Waals surface area contributed by atoms with Crippen LogP contribution in [0.5, 0.6) is 0 Å². The highest BCUT2D eigenvalue weighted by Crippen LogP contribution is 2.20. The van der Waals surface area contributed by atoms with Crippen molar-refractivity contribution in [1.29, 1.82) is 0 Å². The van der Waals surface area contributed by atoms with Crippen molar-refractivity contribution < 1.29 is 0 Å². The van der Waals surface area contributed by atoms with Gasteiger partial charge in [-0.3, -0.25) is 0 Å². The van der Waals surface area contributed by atoms with Crippen molar-refractivity contribution >= 4 is 11.8 Å². The lowest BCUT2D eigenvalue weighted by molar-refractivity contribution is 0.553. The Bertz CT molecular complexity index is 166. The average molecular weight is 172 g/mol. The quantitative estimate of drug-likeness (QED) is 0.400. The summed E-state index contributed by atoms with van der Waals surface area (Å²) in [6, 6.07) is 0.610. The third-order valence-electron chi connectivity index (χ3n) is 1.72. The Balaban J connectivity index is 2.24. The first-order valence-corrected chi connectivity index (χ1v) is 4.80. The highest BCUT2D eigenvalue weighted by atomic mass is 32.2. The van der Waals surface area contributed by atoms with Crippen LogP contribution in [0.1, 0.15) is 13.3 Å². The van der Waals surface area contributed by atoms with Gasteiger partial charge in [-0.15, -0.1) is 11.8 Å². The van der Waals surface area contributed by atoms with Gasteiger partial charge in [0.05, 0.1) is 11.9 Å². The summed E-state index contributed by atoms with van der Waals surface area (Å²) in [7, 11) is 0. The fraction of sp³-hybridized carbons (Fsp3) is 1.00. The third-order valence-corrected chi connectivity index (χ3v) is 3.01. The molecule has 0 bridgehead atoms. The topological polar surface area (TPSA) is 60.8 Å². The van der Waals surface area contributed by atoms with Crippen LogP contribution in [-0.2, 0) is 0 Å². The molecule has 1 aliphatic rings. The Labute approximate surface area is 70.4 Å². The molecule has 0 amide bonds. The lowest BCUT2D eigenvalue weighted by Gasteiger charge is -2.07. The molecule has 0 spiro atoms. The van der Waals surface area contributed by atoms with Crippen LogP contribution in [0.2, 0.25) is 0 Å². The minimum Gasteiger partial charge on any atom is -0.302 e. The van der Waals surface area contributed by atoms with E-state index in [0.29, 0.717) is 18.0 Å². The Hall–Kier alpha value is -0.380. The maximum Gasteiger partial charge on any atom is 0.0591 e. The van der Waals surface area contributed by atoms with E-state index in [4.69, 9.17) is 5.53 Å². The maximum atomic E-state index is 8.07. The van der Waals surface area contributed by atoms with Crippen molar-refractivity contribution in [1.82, 2.24) is 5.32 Å². The molecule has 0 saturated carbocycles. The fourth-order valence-corrected chi connectivity index (χ4v) is 2.30. The third kappa shape index (κ3) is 2.61. The predicted octanol–water partition coefficient (Wildman–Crippen LogP) is 1.74. The highest BCUT2D eigenvalue weighted by Gasteiger charge is 2.21. The molecule has 0 aromatic heterocycles. The van der Waals surface area contributed by atoms with Crippen molar-refractivity contribution in [2.45, 2.75) is 24.8 Å². The van der Waals surface area contributed by atoms with E-state index in [0.717, 1.165) is 12.2 Å². The van der Waals surface area contributed by atoms with Crippen LogP contribution in [0, 0.1) is 0 Å². The second kappa shape index (κ2) is 4.49. The molecular weight excluding hydrogens is 160 g/mol. The molecular formula is C6H12N4S. The van der Waals surface area contributed by atoms with Crippen LogP contribution >= 0.6 is 11.8 Å². The zero-order chi connectivity index (χ0) is 8.10. The van der Waals surface area contributed by atoms with Crippen molar-refractivity contribution in [3.05, 3.63) is 10.4 Å².